The molecule has 5 heteroatoms. The van der Waals surface area contributed by atoms with E-state index in [1.807, 2.05) is 6.92 Å². The number of carbonyl (C=O) groups excluding carboxylic acids is 1. The molecule has 2 N–H and O–H groups in total. The number of hydrogen-bond donors (Lipinski definition) is 2. The van der Waals surface area contributed by atoms with Crippen LogP contribution in [0.1, 0.15) is 6.92 Å². The number of allylic oxidation sites excluding steroid dienone is 1. The Labute approximate surface area is 90.5 Å². The summed E-state index contributed by atoms with van der Waals surface area (Å²) in [6.07, 6.45) is 0.113. The molecule has 0 aliphatic heterocycles. The van der Waals surface area contributed by atoms with Crippen LogP contribution in [0.3, 0.4) is 0 Å². The second-order valence-electron chi connectivity index (χ2n) is 2.58. The Morgan fingerprint density at radius 1 is 1.69 bits per heavy atom. The first-order chi connectivity index (χ1) is 5.99. The molecule has 0 aromatic rings. The summed E-state index contributed by atoms with van der Waals surface area (Å²) in [4.78, 5) is 21.4. The van der Waals surface area contributed by atoms with E-state index in [4.69, 9.17) is 5.11 Å². The summed E-state index contributed by atoms with van der Waals surface area (Å²) < 4.78 is 0.0787. The van der Waals surface area contributed by atoms with Crippen molar-refractivity contribution in [2.75, 3.05) is 6.54 Å². The molecule has 0 aromatic heterocycles. The molecule has 4 nitrogen and oxygen atoms in total. The Morgan fingerprint density at radius 3 is 2.54 bits per heavy atom. The van der Waals surface area contributed by atoms with E-state index in [-0.39, 0.29) is 22.2 Å². The predicted molar refractivity (Wildman–Crippen MR) is 58.2 cm³/mol. The molecule has 0 saturated carbocycles. The van der Waals surface area contributed by atoms with Crippen molar-refractivity contribution in [1.82, 2.24) is 5.32 Å². The zero-order chi connectivity index (χ0) is 10.4. The maximum absolute atomic E-state index is 11.2. The standard InChI is InChI=1S/C8H12INO3/c1-3-7(11)6(5(2)9)4-10-8(12)13/h3,5-6,10H,1,4H2,2H3,(H,12,13). The summed E-state index contributed by atoms with van der Waals surface area (Å²) in [6, 6.07) is 0. The van der Waals surface area contributed by atoms with Crippen LogP contribution in [0, 0.1) is 5.92 Å². The summed E-state index contributed by atoms with van der Waals surface area (Å²) in [5.74, 6) is -0.454. The number of nitrogens with one attached hydrogen (secondary N) is 1. The predicted octanol–water partition coefficient (Wildman–Crippen LogP) is 1.45. The highest BCUT2D eigenvalue weighted by molar-refractivity contribution is 14.1. The van der Waals surface area contributed by atoms with Crippen LogP contribution in [0.2, 0.25) is 0 Å². The maximum atomic E-state index is 11.2. The Bertz CT molecular complexity index is 215. The Balaban J connectivity index is 4.18. The summed E-state index contributed by atoms with van der Waals surface area (Å²) >= 11 is 2.09. The van der Waals surface area contributed by atoms with Gasteiger partial charge in [-0.15, -0.1) is 0 Å². The van der Waals surface area contributed by atoms with Crippen molar-refractivity contribution in [3.63, 3.8) is 0 Å². The van der Waals surface area contributed by atoms with Gasteiger partial charge >= 0.3 is 6.09 Å². The number of halogens is 1. The van der Waals surface area contributed by atoms with E-state index in [0.29, 0.717) is 0 Å². The van der Waals surface area contributed by atoms with E-state index < -0.39 is 6.09 Å². The van der Waals surface area contributed by atoms with Crippen molar-refractivity contribution >= 4 is 34.5 Å². The topological polar surface area (TPSA) is 66.4 Å². The van der Waals surface area contributed by atoms with Crippen LogP contribution in [-0.2, 0) is 4.79 Å². The minimum absolute atomic E-state index is 0.0787. The lowest BCUT2D eigenvalue weighted by molar-refractivity contribution is -0.117. The van der Waals surface area contributed by atoms with Crippen molar-refractivity contribution in [2.24, 2.45) is 5.92 Å². The van der Waals surface area contributed by atoms with Crippen LogP contribution in [0.25, 0.3) is 0 Å². The lowest BCUT2D eigenvalue weighted by Crippen LogP contribution is -2.35. The van der Waals surface area contributed by atoms with E-state index >= 15 is 0 Å². The average Bonchev–Trinajstić information content (AvgIpc) is 2.03. The molecule has 13 heavy (non-hydrogen) atoms. The number of rotatable bonds is 5. The number of carbonyl (C=O) groups is 2. The fourth-order valence-corrected chi connectivity index (χ4v) is 1.45. The molecule has 0 rings (SSSR count). The first-order valence-electron chi connectivity index (χ1n) is 3.76. The van der Waals surface area contributed by atoms with E-state index in [9.17, 15) is 9.59 Å². The van der Waals surface area contributed by atoms with Gasteiger partial charge in [0, 0.05) is 10.5 Å². The third kappa shape index (κ3) is 4.87. The van der Waals surface area contributed by atoms with E-state index in [1.165, 1.54) is 6.08 Å². The zero-order valence-electron chi connectivity index (χ0n) is 7.29. The fraction of sp³-hybridized carbons (Fsp3) is 0.500. The van der Waals surface area contributed by atoms with Crippen LogP contribution in [0.4, 0.5) is 4.79 Å². The second-order valence-corrected chi connectivity index (χ2v) is 4.54. The Hall–Kier alpha value is -0.590. The molecule has 0 radical (unpaired) electrons. The molecule has 0 bridgehead atoms. The first-order valence-corrected chi connectivity index (χ1v) is 5.00. The van der Waals surface area contributed by atoms with Crippen LogP contribution >= 0.6 is 22.6 Å². The monoisotopic (exact) mass is 297 g/mol. The van der Waals surface area contributed by atoms with Gasteiger partial charge in [0.1, 0.15) is 0 Å². The van der Waals surface area contributed by atoms with Crippen molar-refractivity contribution in [2.45, 2.75) is 10.8 Å². The molecule has 2 atom stereocenters. The zero-order valence-corrected chi connectivity index (χ0v) is 9.45. The smallest absolute Gasteiger partial charge is 0.404 e. The third-order valence-electron chi connectivity index (χ3n) is 1.59. The summed E-state index contributed by atoms with van der Waals surface area (Å²) in [5.41, 5.74) is 0. The lowest BCUT2D eigenvalue weighted by atomic mass is 10.0. The second kappa shape index (κ2) is 5.95. The number of ketones is 1. The van der Waals surface area contributed by atoms with Gasteiger partial charge < -0.3 is 10.4 Å². The largest absolute Gasteiger partial charge is 0.465 e. The molecule has 0 aliphatic carbocycles. The minimum Gasteiger partial charge on any atom is -0.465 e. The molecule has 0 spiro atoms. The summed E-state index contributed by atoms with van der Waals surface area (Å²) in [6.45, 7) is 5.36. The maximum Gasteiger partial charge on any atom is 0.404 e. The van der Waals surface area contributed by atoms with Crippen LogP contribution < -0.4 is 5.32 Å². The Kier molecular flexibility index (Phi) is 5.68. The average molecular weight is 297 g/mol. The van der Waals surface area contributed by atoms with Crippen molar-refractivity contribution < 1.29 is 14.7 Å². The van der Waals surface area contributed by atoms with Gasteiger partial charge in [0.2, 0.25) is 0 Å². The van der Waals surface area contributed by atoms with Crippen LogP contribution in [0.15, 0.2) is 12.7 Å². The highest BCUT2D eigenvalue weighted by atomic mass is 127. The molecule has 0 fully saturated rings. The summed E-state index contributed by atoms with van der Waals surface area (Å²) in [5, 5.41) is 10.5. The van der Waals surface area contributed by atoms with Gasteiger partial charge in [0.25, 0.3) is 0 Å². The van der Waals surface area contributed by atoms with Gasteiger partial charge in [-0.05, 0) is 6.08 Å². The van der Waals surface area contributed by atoms with Crippen LogP contribution in [0.5, 0.6) is 0 Å². The van der Waals surface area contributed by atoms with Crippen molar-refractivity contribution in [3.8, 4) is 0 Å². The number of hydrogen-bond acceptors (Lipinski definition) is 2. The molecule has 74 valence electrons. The molecule has 0 saturated heterocycles. The van der Waals surface area contributed by atoms with Gasteiger partial charge in [0.05, 0.1) is 5.92 Å². The highest BCUT2D eigenvalue weighted by Gasteiger charge is 2.21. The molecular weight excluding hydrogens is 285 g/mol. The minimum atomic E-state index is -1.11. The van der Waals surface area contributed by atoms with E-state index in [0.717, 1.165) is 0 Å². The highest BCUT2D eigenvalue weighted by Crippen LogP contribution is 2.13. The Morgan fingerprint density at radius 2 is 2.23 bits per heavy atom. The van der Waals surface area contributed by atoms with E-state index in [2.05, 4.69) is 34.5 Å². The molecule has 2 unspecified atom stereocenters. The van der Waals surface area contributed by atoms with Crippen LogP contribution in [-0.4, -0.2) is 27.5 Å². The molecule has 0 aliphatic rings. The molecule has 0 heterocycles. The number of amides is 1. The number of alkyl halides is 1. The van der Waals surface area contributed by atoms with Crippen molar-refractivity contribution in [3.05, 3.63) is 12.7 Å². The van der Waals surface area contributed by atoms with Gasteiger partial charge in [-0.2, -0.15) is 0 Å². The lowest BCUT2D eigenvalue weighted by Gasteiger charge is -2.15. The van der Waals surface area contributed by atoms with Gasteiger partial charge in [-0.3, -0.25) is 4.79 Å². The van der Waals surface area contributed by atoms with E-state index in [1.54, 1.807) is 0 Å². The van der Waals surface area contributed by atoms with Gasteiger partial charge in [0.15, 0.2) is 5.78 Å². The van der Waals surface area contributed by atoms with Gasteiger partial charge in [-0.25, -0.2) is 4.79 Å². The SMILES string of the molecule is C=CC(=O)C(CNC(=O)O)C(C)I. The molecule has 0 aromatic carbocycles. The third-order valence-corrected chi connectivity index (χ3v) is 2.46. The first kappa shape index (κ1) is 12.4. The van der Waals surface area contributed by atoms with Crippen molar-refractivity contribution in [1.29, 1.82) is 0 Å². The molecule has 1 amide bonds. The number of carboxylic acid groups (broad SMARTS) is 1. The fourth-order valence-electron chi connectivity index (χ4n) is 0.838. The quantitative estimate of drug-likeness (QED) is 0.458. The molecular formula is C8H12INO3. The van der Waals surface area contributed by atoms with Gasteiger partial charge in [-0.1, -0.05) is 36.1 Å². The summed E-state index contributed by atoms with van der Waals surface area (Å²) in [7, 11) is 0. The normalized spacial score (nSPS) is 14.3.